The number of hydrogen-bond acceptors (Lipinski definition) is 5. The van der Waals surface area contributed by atoms with E-state index in [1.165, 1.54) is 0 Å². The summed E-state index contributed by atoms with van der Waals surface area (Å²) in [7, 11) is 0. The fraction of sp³-hybridized carbons (Fsp3) is 0.400. The lowest BCUT2D eigenvalue weighted by atomic mass is 9.98. The van der Waals surface area contributed by atoms with Crippen molar-refractivity contribution in [3.05, 3.63) is 29.3 Å². The smallest absolute Gasteiger partial charge is 0.405 e. The van der Waals surface area contributed by atoms with E-state index < -0.39 is 59.5 Å². The van der Waals surface area contributed by atoms with Crippen LogP contribution in [-0.4, -0.2) is 37.0 Å². The summed E-state index contributed by atoms with van der Waals surface area (Å²) in [5, 5.41) is 2.52. The van der Waals surface area contributed by atoms with E-state index in [0.717, 1.165) is 0 Å². The zero-order valence-electron chi connectivity index (χ0n) is 13.2. The maximum absolute atomic E-state index is 13.5. The average molecular weight is 378 g/mol. The highest BCUT2D eigenvalue weighted by Crippen LogP contribution is 2.27. The van der Waals surface area contributed by atoms with E-state index >= 15 is 0 Å². The molecule has 0 bridgehead atoms. The van der Waals surface area contributed by atoms with Crippen LogP contribution in [0.2, 0.25) is 0 Å². The Bertz CT molecular complexity index is 717. The summed E-state index contributed by atoms with van der Waals surface area (Å²) in [4.78, 5) is 34.6. The lowest BCUT2D eigenvalue weighted by Gasteiger charge is -2.18. The first-order chi connectivity index (χ1) is 12.2. The van der Waals surface area contributed by atoms with Crippen LogP contribution in [0.1, 0.15) is 12.8 Å². The van der Waals surface area contributed by atoms with E-state index in [1.54, 1.807) is 0 Å². The van der Waals surface area contributed by atoms with Crippen molar-refractivity contribution in [2.45, 2.75) is 18.9 Å². The topological polar surface area (TPSA) is 108 Å². The summed E-state index contributed by atoms with van der Waals surface area (Å²) in [6.45, 7) is -0.695. The zero-order chi connectivity index (χ0) is 19.4. The van der Waals surface area contributed by atoms with Crippen LogP contribution in [0, 0.1) is 29.2 Å². The number of carbonyl (C=O) groups is 3. The summed E-state index contributed by atoms with van der Waals surface area (Å²) in [6, 6.07) is -0.0168. The monoisotopic (exact) mass is 378 g/mol. The molecular weight excluding hydrogens is 364 g/mol. The third-order valence-electron chi connectivity index (χ3n) is 3.71. The lowest BCUT2D eigenvalue weighted by molar-refractivity contribution is -0.131. The number of hydrogen-bond donors (Lipinski definition) is 2. The minimum atomic E-state index is -1.82. The largest absolute Gasteiger partial charge is 0.479 e. The Hall–Kier alpha value is -2.85. The van der Waals surface area contributed by atoms with Gasteiger partial charge in [0, 0.05) is 24.9 Å². The van der Waals surface area contributed by atoms with Gasteiger partial charge in [0.25, 0.3) is 0 Å². The van der Waals surface area contributed by atoms with Crippen molar-refractivity contribution in [1.29, 1.82) is 0 Å². The number of benzene rings is 1. The van der Waals surface area contributed by atoms with Crippen LogP contribution in [0.25, 0.3) is 0 Å². The van der Waals surface area contributed by atoms with Crippen molar-refractivity contribution < 1.29 is 41.4 Å². The van der Waals surface area contributed by atoms with Gasteiger partial charge in [0.15, 0.2) is 30.1 Å². The SMILES string of the molecule is NC(=O)OC(CC1CCNC1=O)C(=O)COc1c(F)c(F)cc(F)c1F. The van der Waals surface area contributed by atoms with Gasteiger partial charge in [-0.3, -0.25) is 9.59 Å². The van der Waals surface area contributed by atoms with Gasteiger partial charge in [0.2, 0.25) is 23.3 Å². The number of primary amides is 1. The second kappa shape index (κ2) is 8.02. The molecule has 1 saturated heterocycles. The molecular formula is C15H14F4N2O5. The van der Waals surface area contributed by atoms with Crippen LogP contribution in [0.3, 0.4) is 0 Å². The Morgan fingerprint density at radius 1 is 1.23 bits per heavy atom. The molecule has 1 aromatic rings. The van der Waals surface area contributed by atoms with Crippen LogP contribution >= 0.6 is 0 Å². The fourth-order valence-electron chi connectivity index (χ4n) is 2.43. The molecule has 1 aliphatic heterocycles. The Morgan fingerprint density at radius 2 is 1.85 bits per heavy atom. The van der Waals surface area contributed by atoms with Crippen molar-refractivity contribution in [1.82, 2.24) is 5.32 Å². The van der Waals surface area contributed by atoms with Crippen molar-refractivity contribution in [2.75, 3.05) is 13.2 Å². The molecule has 2 atom stereocenters. The molecule has 2 rings (SSSR count). The summed E-state index contributed by atoms with van der Waals surface area (Å²) in [5.41, 5.74) is 4.86. The third-order valence-corrected chi connectivity index (χ3v) is 3.71. The molecule has 1 aromatic carbocycles. The van der Waals surface area contributed by atoms with Gasteiger partial charge in [-0.2, -0.15) is 8.78 Å². The second-order valence-corrected chi connectivity index (χ2v) is 5.49. The maximum atomic E-state index is 13.5. The van der Waals surface area contributed by atoms with E-state index in [4.69, 9.17) is 5.73 Å². The molecule has 0 radical (unpaired) electrons. The summed E-state index contributed by atoms with van der Waals surface area (Å²) < 4.78 is 62.4. The Labute approximate surface area is 144 Å². The van der Waals surface area contributed by atoms with Crippen LogP contribution < -0.4 is 15.8 Å². The van der Waals surface area contributed by atoms with Crippen LogP contribution in [0.15, 0.2) is 6.07 Å². The van der Waals surface area contributed by atoms with Gasteiger partial charge >= 0.3 is 6.09 Å². The number of carbonyl (C=O) groups excluding carboxylic acids is 3. The van der Waals surface area contributed by atoms with E-state index in [0.29, 0.717) is 13.0 Å². The molecule has 142 valence electrons. The molecule has 2 unspecified atom stereocenters. The quantitative estimate of drug-likeness (QED) is 0.547. The van der Waals surface area contributed by atoms with Crippen LogP contribution in [0.4, 0.5) is 22.4 Å². The first kappa shape index (κ1) is 19.5. The standard InChI is InChI=1S/C15H14F4N2O5/c16-7-4-8(17)12(19)13(11(7)18)25-5-9(22)10(26-15(20)24)3-6-1-2-21-14(6)23/h4,6,10H,1-3,5H2,(H2,20,24)(H,21,23). The number of Topliss-reactive ketones (excluding diaryl/α,β-unsaturated/α-hetero) is 1. The molecule has 0 saturated carbocycles. The minimum Gasteiger partial charge on any atom is -0.479 e. The molecule has 1 heterocycles. The second-order valence-electron chi connectivity index (χ2n) is 5.49. The van der Waals surface area contributed by atoms with Gasteiger partial charge in [-0.25, -0.2) is 13.6 Å². The zero-order valence-corrected chi connectivity index (χ0v) is 13.2. The van der Waals surface area contributed by atoms with Crippen molar-refractivity contribution >= 4 is 17.8 Å². The number of nitrogens with one attached hydrogen (secondary N) is 1. The van der Waals surface area contributed by atoms with Gasteiger partial charge in [-0.15, -0.1) is 0 Å². The predicted molar refractivity (Wildman–Crippen MR) is 77.0 cm³/mol. The lowest BCUT2D eigenvalue weighted by Crippen LogP contribution is -2.36. The van der Waals surface area contributed by atoms with E-state index in [1.807, 2.05) is 0 Å². The first-order valence-electron chi connectivity index (χ1n) is 7.43. The van der Waals surface area contributed by atoms with Crippen molar-refractivity contribution in [3.63, 3.8) is 0 Å². The molecule has 0 aliphatic carbocycles. The Balaban J connectivity index is 2.10. The van der Waals surface area contributed by atoms with Gasteiger partial charge in [-0.1, -0.05) is 0 Å². The summed E-state index contributed by atoms with van der Waals surface area (Å²) in [6.07, 6.45) is -2.68. The first-order valence-corrected chi connectivity index (χ1v) is 7.43. The van der Waals surface area contributed by atoms with Crippen LogP contribution in [0.5, 0.6) is 5.75 Å². The van der Waals surface area contributed by atoms with E-state index in [9.17, 15) is 31.9 Å². The van der Waals surface area contributed by atoms with Crippen molar-refractivity contribution in [2.24, 2.45) is 11.7 Å². The van der Waals surface area contributed by atoms with E-state index in [-0.39, 0.29) is 18.4 Å². The average Bonchev–Trinajstić information content (AvgIpc) is 2.96. The van der Waals surface area contributed by atoms with Gasteiger partial charge in [-0.05, 0) is 6.42 Å². The number of amides is 2. The molecule has 2 amide bonds. The fourth-order valence-corrected chi connectivity index (χ4v) is 2.43. The molecule has 0 aromatic heterocycles. The van der Waals surface area contributed by atoms with Gasteiger partial charge < -0.3 is 20.5 Å². The van der Waals surface area contributed by atoms with Crippen LogP contribution in [-0.2, 0) is 14.3 Å². The van der Waals surface area contributed by atoms with Crippen molar-refractivity contribution in [3.8, 4) is 5.75 Å². The maximum Gasteiger partial charge on any atom is 0.405 e. The number of halogens is 4. The van der Waals surface area contributed by atoms with Gasteiger partial charge in [0.1, 0.15) is 0 Å². The molecule has 0 spiro atoms. The third kappa shape index (κ3) is 4.41. The molecule has 26 heavy (non-hydrogen) atoms. The number of ketones is 1. The predicted octanol–water partition coefficient (Wildman–Crippen LogP) is 1.18. The summed E-state index contributed by atoms with van der Waals surface area (Å²) >= 11 is 0. The Kier molecular flexibility index (Phi) is 6.01. The highest BCUT2D eigenvalue weighted by molar-refractivity contribution is 5.88. The normalized spacial score (nSPS) is 17.5. The molecule has 3 N–H and O–H groups in total. The molecule has 1 aliphatic rings. The van der Waals surface area contributed by atoms with E-state index in [2.05, 4.69) is 14.8 Å². The minimum absolute atomic E-state index is 0.0168. The number of ether oxygens (including phenoxy) is 2. The number of nitrogens with two attached hydrogens (primary N) is 1. The molecule has 1 fully saturated rings. The molecule has 11 heteroatoms. The highest BCUT2D eigenvalue weighted by Gasteiger charge is 2.33. The Morgan fingerprint density at radius 3 is 2.35 bits per heavy atom. The molecule has 7 nitrogen and oxygen atoms in total. The number of rotatable bonds is 7. The highest BCUT2D eigenvalue weighted by atomic mass is 19.2. The van der Waals surface area contributed by atoms with Gasteiger partial charge in [0.05, 0.1) is 0 Å². The summed E-state index contributed by atoms with van der Waals surface area (Å²) in [5.74, 6) is -10.5.